The maximum absolute atomic E-state index is 11.2. The number of hydrogen-bond acceptors (Lipinski definition) is 2. The molecule has 1 aliphatic carbocycles. The molecule has 3 rings (SSSR count). The zero-order valence-corrected chi connectivity index (χ0v) is 12.7. The molecule has 1 aliphatic rings. The van der Waals surface area contributed by atoms with Crippen LogP contribution in [-0.4, -0.2) is 20.6 Å². The molecular weight excluding hydrogens is 264 g/mol. The van der Waals surface area contributed by atoms with Gasteiger partial charge in [0.15, 0.2) is 0 Å². The summed E-state index contributed by atoms with van der Waals surface area (Å²) in [5.41, 5.74) is 2.17. The van der Waals surface area contributed by atoms with Crippen molar-refractivity contribution < 1.29 is 9.90 Å². The van der Waals surface area contributed by atoms with Crippen LogP contribution in [0.1, 0.15) is 48.8 Å². The number of carbonyl (C=O) groups is 1. The van der Waals surface area contributed by atoms with E-state index >= 15 is 0 Å². The standard InChI is InChI=1S/C17H22N2O2/c1-11-5-3-4-6-14(11)10-19-12(2)18-15-8-7-13(17(20)21)9-16(15)19/h7-9,11,14H,3-6,10H2,1-2H3,(H,20,21). The molecule has 4 nitrogen and oxygen atoms in total. The molecule has 0 aliphatic heterocycles. The number of aromatic nitrogens is 2. The lowest BCUT2D eigenvalue weighted by atomic mass is 9.80. The fourth-order valence-corrected chi connectivity index (χ4v) is 3.51. The highest BCUT2D eigenvalue weighted by Gasteiger charge is 2.23. The van der Waals surface area contributed by atoms with E-state index in [9.17, 15) is 9.90 Å². The zero-order valence-electron chi connectivity index (χ0n) is 12.7. The molecule has 0 amide bonds. The lowest BCUT2D eigenvalue weighted by molar-refractivity contribution is 0.0697. The quantitative estimate of drug-likeness (QED) is 0.931. The molecule has 1 saturated carbocycles. The Labute approximate surface area is 124 Å². The Morgan fingerprint density at radius 1 is 1.38 bits per heavy atom. The Hall–Kier alpha value is -1.84. The van der Waals surface area contributed by atoms with Gasteiger partial charge in [-0.1, -0.05) is 26.2 Å². The van der Waals surface area contributed by atoms with Crippen LogP contribution in [0.25, 0.3) is 11.0 Å². The molecule has 1 heterocycles. The smallest absolute Gasteiger partial charge is 0.335 e. The molecule has 2 aromatic rings. The van der Waals surface area contributed by atoms with Crippen molar-refractivity contribution >= 4 is 17.0 Å². The first-order valence-electron chi connectivity index (χ1n) is 7.76. The van der Waals surface area contributed by atoms with Gasteiger partial charge in [-0.15, -0.1) is 0 Å². The number of nitrogens with zero attached hydrogens (tertiary/aromatic N) is 2. The van der Waals surface area contributed by atoms with Crippen LogP contribution < -0.4 is 0 Å². The van der Waals surface area contributed by atoms with Crippen molar-refractivity contribution in [1.29, 1.82) is 0 Å². The van der Waals surface area contributed by atoms with Crippen LogP contribution in [0.5, 0.6) is 0 Å². The number of imidazole rings is 1. The van der Waals surface area contributed by atoms with Gasteiger partial charge in [0.2, 0.25) is 0 Å². The summed E-state index contributed by atoms with van der Waals surface area (Å²) in [5, 5.41) is 9.18. The molecule has 0 saturated heterocycles. The van der Waals surface area contributed by atoms with Crippen molar-refractivity contribution in [3.05, 3.63) is 29.6 Å². The van der Waals surface area contributed by atoms with Gasteiger partial charge in [-0.2, -0.15) is 0 Å². The maximum Gasteiger partial charge on any atom is 0.335 e. The predicted molar refractivity (Wildman–Crippen MR) is 82.6 cm³/mol. The molecule has 2 unspecified atom stereocenters. The monoisotopic (exact) mass is 286 g/mol. The molecule has 1 aromatic heterocycles. The first-order chi connectivity index (χ1) is 10.1. The number of carboxylic acids is 1. The number of aryl methyl sites for hydroxylation is 1. The Bertz CT molecular complexity index is 675. The van der Waals surface area contributed by atoms with Gasteiger partial charge < -0.3 is 9.67 Å². The van der Waals surface area contributed by atoms with E-state index in [4.69, 9.17) is 0 Å². The third-order valence-corrected chi connectivity index (χ3v) is 4.89. The van der Waals surface area contributed by atoms with Crippen molar-refractivity contribution in [3.8, 4) is 0 Å². The highest BCUT2D eigenvalue weighted by molar-refractivity contribution is 5.92. The summed E-state index contributed by atoms with van der Waals surface area (Å²) in [6, 6.07) is 5.20. The van der Waals surface area contributed by atoms with Gasteiger partial charge in [0.25, 0.3) is 0 Å². The van der Waals surface area contributed by atoms with E-state index in [1.165, 1.54) is 25.7 Å². The summed E-state index contributed by atoms with van der Waals surface area (Å²) >= 11 is 0. The van der Waals surface area contributed by atoms with Crippen LogP contribution >= 0.6 is 0 Å². The second-order valence-corrected chi connectivity index (χ2v) is 6.30. The van der Waals surface area contributed by atoms with E-state index in [0.717, 1.165) is 29.3 Å². The van der Waals surface area contributed by atoms with Crippen LogP contribution in [-0.2, 0) is 6.54 Å². The van der Waals surface area contributed by atoms with Gasteiger partial charge >= 0.3 is 5.97 Å². The molecule has 1 N–H and O–H groups in total. The molecule has 21 heavy (non-hydrogen) atoms. The van der Waals surface area contributed by atoms with Gasteiger partial charge in [0.1, 0.15) is 5.82 Å². The second kappa shape index (κ2) is 5.51. The zero-order chi connectivity index (χ0) is 15.0. The average molecular weight is 286 g/mol. The van der Waals surface area contributed by atoms with Crippen molar-refractivity contribution in [3.63, 3.8) is 0 Å². The van der Waals surface area contributed by atoms with E-state index in [1.54, 1.807) is 12.1 Å². The minimum atomic E-state index is -0.881. The van der Waals surface area contributed by atoms with E-state index in [-0.39, 0.29) is 0 Å². The Morgan fingerprint density at radius 3 is 2.86 bits per heavy atom. The molecule has 0 spiro atoms. The van der Waals surface area contributed by atoms with Crippen molar-refractivity contribution in [2.75, 3.05) is 0 Å². The third-order valence-electron chi connectivity index (χ3n) is 4.89. The van der Waals surface area contributed by atoms with Crippen molar-refractivity contribution in [1.82, 2.24) is 9.55 Å². The number of hydrogen-bond donors (Lipinski definition) is 1. The minimum Gasteiger partial charge on any atom is -0.478 e. The predicted octanol–water partition coefficient (Wildman–Crippen LogP) is 3.87. The first kappa shape index (κ1) is 14.1. The summed E-state index contributed by atoms with van der Waals surface area (Å²) in [6.45, 7) is 5.29. The van der Waals surface area contributed by atoms with Crippen molar-refractivity contribution in [2.45, 2.75) is 46.1 Å². The summed E-state index contributed by atoms with van der Waals surface area (Å²) in [6.07, 6.45) is 5.21. The number of carboxylic acid groups (broad SMARTS) is 1. The first-order valence-corrected chi connectivity index (χ1v) is 7.76. The lowest BCUT2D eigenvalue weighted by Gasteiger charge is -2.29. The number of fused-ring (bicyclic) bond motifs is 1. The molecule has 0 bridgehead atoms. The normalized spacial score (nSPS) is 22.6. The topological polar surface area (TPSA) is 55.1 Å². The summed E-state index contributed by atoms with van der Waals surface area (Å²) in [4.78, 5) is 15.7. The van der Waals surface area contributed by atoms with E-state index < -0.39 is 5.97 Å². The largest absolute Gasteiger partial charge is 0.478 e. The molecule has 1 aromatic carbocycles. The molecule has 112 valence electrons. The molecule has 4 heteroatoms. The van der Waals surface area contributed by atoms with Crippen LogP contribution in [0, 0.1) is 18.8 Å². The van der Waals surface area contributed by atoms with Crippen LogP contribution in [0.2, 0.25) is 0 Å². The van der Waals surface area contributed by atoms with E-state index in [2.05, 4.69) is 16.5 Å². The van der Waals surface area contributed by atoms with Gasteiger partial charge in [0, 0.05) is 6.54 Å². The van der Waals surface area contributed by atoms with Gasteiger partial charge in [-0.25, -0.2) is 9.78 Å². The number of rotatable bonds is 3. The molecule has 0 radical (unpaired) electrons. The van der Waals surface area contributed by atoms with Crippen LogP contribution in [0.3, 0.4) is 0 Å². The van der Waals surface area contributed by atoms with Gasteiger partial charge in [-0.05, 0) is 43.4 Å². The highest BCUT2D eigenvalue weighted by atomic mass is 16.4. The second-order valence-electron chi connectivity index (χ2n) is 6.30. The van der Waals surface area contributed by atoms with Crippen LogP contribution in [0.15, 0.2) is 18.2 Å². The fourth-order valence-electron chi connectivity index (χ4n) is 3.51. The van der Waals surface area contributed by atoms with E-state index in [1.807, 2.05) is 13.0 Å². The van der Waals surface area contributed by atoms with Gasteiger partial charge in [0.05, 0.1) is 16.6 Å². The maximum atomic E-state index is 11.2. The van der Waals surface area contributed by atoms with Crippen molar-refractivity contribution in [2.24, 2.45) is 11.8 Å². The Balaban J connectivity index is 1.98. The summed E-state index contributed by atoms with van der Waals surface area (Å²) in [7, 11) is 0. The molecular formula is C17H22N2O2. The van der Waals surface area contributed by atoms with Gasteiger partial charge in [-0.3, -0.25) is 0 Å². The highest BCUT2D eigenvalue weighted by Crippen LogP contribution is 2.32. The fraction of sp³-hybridized carbons (Fsp3) is 0.529. The lowest BCUT2D eigenvalue weighted by Crippen LogP contribution is -2.22. The Morgan fingerprint density at radius 2 is 2.14 bits per heavy atom. The molecule has 1 fully saturated rings. The number of benzene rings is 1. The minimum absolute atomic E-state index is 0.334. The van der Waals surface area contributed by atoms with Crippen LogP contribution in [0.4, 0.5) is 0 Å². The Kier molecular flexibility index (Phi) is 3.70. The average Bonchev–Trinajstić information content (AvgIpc) is 2.76. The molecule has 2 atom stereocenters. The third kappa shape index (κ3) is 2.67. The summed E-state index contributed by atoms with van der Waals surface area (Å²) in [5.74, 6) is 1.50. The van der Waals surface area contributed by atoms with E-state index in [0.29, 0.717) is 11.5 Å². The summed E-state index contributed by atoms with van der Waals surface area (Å²) < 4.78 is 2.20. The number of aromatic carboxylic acids is 1. The SMILES string of the molecule is Cc1nc2ccc(C(=O)O)cc2n1CC1CCCCC1C.